The SMILES string of the molecule is CCC(C(=O)O)S(=O)C(C)COC. The summed E-state index contributed by atoms with van der Waals surface area (Å²) >= 11 is 0. The number of rotatable bonds is 6. The van der Waals surface area contributed by atoms with Crippen LogP contribution in [0, 0.1) is 0 Å². The molecule has 0 bridgehead atoms. The quantitative estimate of drug-likeness (QED) is 0.695. The van der Waals surface area contributed by atoms with Crippen LogP contribution in [0.3, 0.4) is 0 Å². The normalized spacial score (nSPS) is 17.8. The number of carboxylic acids is 1. The van der Waals surface area contributed by atoms with E-state index in [-0.39, 0.29) is 5.25 Å². The molecule has 0 radical (unpaired) electrons. The summed E-state index contributed by atoms with van der Waals surface area (Å²) in [5, 5.41) is 7.72. The lowest BCUT2D eigenvalue weighted by Gasteiger charge is -2.15. The number of methoxy groups -OCH3 is 1. The summed E-state index contributed by atoms with van der Waals surface area (Å²) in [5.74, 6) is -0.996. The molecule has 0 heterocycles. The Labute approximate surface area is 80.7 Å². The zero-order chi connectivity index (χ0) is 10.4. The third-order valence-electron chi connectivity index (χ3n) is 1.72. The first-order valence-electron chi connectivity index (χ1n) is 4.15. The molecule has 0 aliphatic rings. The van der Waals surface area contributed by atoms with Crippen LogP contribution in [0.5, 0.6) is 0 Å². The summed E-state index contributed by atoms with van der Waals surface area (Å²) < 4.78 is 16.4. The molecule has 0 aliphatic carbocycles. The van der Waals surface area contributed by atoms with Gasteiger partial charge < -0.3 is 9.84 Å². The lowest BCUT2D eigenvalue weighted by atomic mass is 10.3. The molecular formula is C8H16O4S. The minimum absolute atomic E-state index is 0.231. The van der Waals surface area contributed by atoms with E-state index < -0.39 is 22.0 Å². The molecule has 78 valence electrons. The van der Waals surface area contributed by atoms with Crippen molar-refractivity contribution >= 4 is 16.8 Å². The maximum absolute atomic E-state index is 11.6. The Balaban J connectivity index is 4.28. The van der Waals surface area contributed by atoms with Crippen molar-refractivity contribution < 1.29 is 18.8 Å². The van der Waals surface area contributed by atoms with Crippen LogP contribution in [0.1, 0.15) is 20.3 Å². The van der Waals surface area contributed by atoms with Crippen molar-refractivity contribution in [2.24, 2.45) is 0 Å². The van der Waals surface area contributed by atoms with Gasteiger partial charge in [0.25, 0.3) is 0 Å². The van der Waals surface area contributed by atoms with Crippen LogP contribution in [-0.4, -0.2) is 39.5 Å². The van der Waals surface area contributed by atoms with E-state index in [9.17, 15) is 9.00 Å². The van der Waals surface area contributed by atoms with E-state index in [4.69, 9.17) is 9.84 Å². The molecule has 0 aliphatic heterocycles. The number of hydrogen-bond donors (Lipinski definition) is 1. The minimum Gasteiger partial charge on any atom is -0.480 e. The first-order valence-corrected chi connectivity index (χ1v) is 5.43. The molecule has 0 saturated carbocycles. The molecule has 5 heteroatoms. The van der Waals surface area contributed by atoms with Gasteiger partial charge in [0.1, 0.15) is 5.25 Å². The molecule has 1 N–H and O–H groups in total. The first kappa shape index (κ1) is 12.6. The largest absolute Gasteiger partial charge is 0.480 e. The van der Waals surface area contributed by atoms with E-state index in [0.29, 0.717) is 13.0 Å². The molecular weight excluding hydrogens is 192 g/mol. The van der Waals surface area contributed by atoms with Crippen LogP contribution < -0.4 is 0 Å². The van der Waals surface area contributed by atoms with Crippen molar-refractivity contribution in [2.75, 3.05) is 13.7 Å². The summed E-state index contributed by atoms with van der Waals surface area (Å²) in [7, 11) is 0.152. The van der Waals surface area contributed by atoms with Gasteiger partial charge in [0.2, 0.25) is 0 Å². The first-order chi connectivity index (χ1) is 6.04. The fourth-order valence-corrected chi connectivity index (χ4v) is 2.38. The average Bonchev–Trinajstić information content (AvgIpc) is 2.05. The molecule has 0 aromatic rings. The second-order valence-electron chi connectivity index (χ2n) is 2.83. The third kappa shape index (κ3) is 3.87. The second-order valence-corrected chi connectivity index (χ2v) is 4.86. The van der Waals surface area contributed by atoms with E-state index in [2.05, 4.69) is 0 Å². The molecule has 0 amide bonds. The number of aliphatic carboxylic acids is 1. The average molecular weight is 208 g/mol. The Morgan fingerprint density at radius 1 is 1.62 bits per heavy atom. The van der Waals surface area contributed by atoms with E-state index in [1.807, 2.05) is 0 Å². The topological polar surface area (TPSA) is 63.6 Å². The molecule has 0 aromatic heterocycles. The van der Waals surface area contributed by atoms with Crippen molar-refractivity contribution in [3.8, 4) is 0 Å². The molecule has 0 fully saturated rings. The highest BCUT2D eigenvalue weighted by atomic mass is 32.2. The van der Waals surface area contributed by atoms with Crippen LogP contribution in [0.4, 0.5) is 0 Å². The van der Waals surface area contributed by atoms with Gasteiger partial charge in [-0.1, -0.05) is 6.92 Å². The van der Waals surface area contributed by atoms with Gasteiger partial charge >= 0.3 is 5.97 Å². The van der Waals surface area contributed by atoms with E-state index in [0.717, 1.165) is 0 Å². The highest BCUT2D eigenvalue weighted by Gasteiger charge is 2.26. The highest BCUT2D eigenvalue weighted by Crippen LogP contribution is 2.08. The molecule has 13 heavy (non-hydrogen) atoms. The van der Waals surface area contributed by atoms with Gasteiger partial charge in [-0.3, -0.25) is 9.00 Å². The van der Waals surface area contributed by atoms with Gasteiger partial charge in [-0.15, -0.1) is 0 Å². The Hall–Kier alpha value is -0.420. The third-order valence-corrected chi connectivity index (χ3v) is 3.75. The van der Waals surface area contributed by atoms with E-state index in [1.54, 1.807) is 13.8 Å². The van der Waals surface area contributed by atoms with Crippen LogP contribution >= 0.6 is 0 Å². The monoisotopic (exact) mass is 208 g/mol. The van der Waals surface area contributed by atoms with Gasteiger partial charge in [0, 0.05) is 17.9 Å². The lowest BCUT2D eigenvalue weighted by molar-refractivity contribution is -0.136. The summed E-state index contributed by atoms with van der Waals surface area (Å²) in [6, 6.07) is 0. The maximum Gasteiger partial charge on any atom is 0.319 e. The fraction of sp³-hybridized carbons (Fsp3) is 0.875. The minimum atomic E-state index is -1.36. The van der Waals surface area contributed by atoms with Crippen LogP contribution in [-0.2, 0) is 20.3 Å². The highest BCUT2D eigenvalue weighted by molar-refractivity contribution is 7.87. The Morgan fingerprint density at radius 3 is 2.46 bits per heavy atom. The van der Waals surface area contributed by atoms with Gasteiger partial charge in [0.05, 0.1) is 11.9 Å². The summed E-state index contributed by atoms with van der Waals surface area (Å²) in [6.07, 6.45) is 0.385. The van der Waals surface area contributed by atoms with E-state index in [1.165, 1.54) is 7.11 Å². The fourth-order valence-electron chi connectivity index (χ4n) is 1.02. The standard InChI is InChI=1S/C8H16O4S/c1-4-7(8(9)10)13(11)6(2)5-12-3/h6-7H,4-5H2,1-3H3,(H,9,10). The van der Waals surface area contributed by atoms with Gasteiger partial charge in [-0.05, 0) is 13.3 Å². The van der Waals surface area contributed by atoms with Gasteiger partial charge in [-0.25, -0.2) is 0 Å². The Morgan fingerprint density at radius 2 is 2.15 bits per heavy atom. The van der Waals surface area contributed by atoms with Crippen molar-refractivity contribution in [1.29, 1.82) is 0 Å². The predicted octanol–water partition coefficient (Wildman–Crippen LogP) is 0.633. The summed E-state index contributed by atoms with van der Waals surface area (Å²) in [4.78, 5) is 10.6. The molecule has 4 nitrogen and oxygen atoms in total. The van der Waals surface area contributed by atoms with Gasteiger partial charge in [-0.2, -0.15) is 0 Å². The zero-order valence-corrected chi connectivity index (χ0v) is 8.97. The van der Waals surface area contributed by atoms with Crippen molar-refractivity contribution in [2.45, 2.75) is 30.8 Å². The Bertz CT molecular complexity index is 193. The predicted molar refractivity (Wildman–Crippen MR) is 51.2 cm³/mol. The lowest BCUT2D eigenvalue weighted by Crippen LogP contribution is -2.32. The van der Waals surface area contributed by atoms with Gasteiger partial charge in [0.15, 0.2) is 0 Å². The van der Waals surface area contributed by atoms with Crippen molar-refractivity contribution in [3.05, 3.63) is 0 Å². The summed E-state index contributed by atoms with van der Waals surface area (Å²) in [6.45, 7) is 3.78. The van der Waals surface area contributed by atoms with Crippen molar-refractivity contribution in [1.82, 2.24) is 0 Å². The molecule has 0 rings (SSSR count). The van der Waals surface area contributed by atoms with E-state index >= 15 is 0 Å². The Kier molecular flexibility index (Phi) is 5.90. The molecule has 0 spiro atoms. The molecule has 0 saturated heterocycles. The maximum atomic E-state index is 11.6. The summed E-state index contributed by atoms with van der Waals surface area (Å²) in [5.41, 5.74) is 0. The molecule has 3 atom stereocenters. The van der Waals surface area contributed by atoms with Crippen LogP contribution in [0.2, 0.25) is 0 Å². The number of ether oxygens (including phenoxy) is 1. The second kappa shape index (κ2) is 6.10. The van der Waals surface area contributed by atoms with Crippen LogP contribution in [0.25, 0.3) is 0 Å². The number of carbonyl (C=O) groups is 1. The number of hydrogen-bond acceptors (Lipinski definition) is 3. The molecule has 0 aromatic carbocycles. The zero-order valence-electron chi connectivity index (χ0n) is 8.15. The molecule has 3 unspecified atom stereocenters. The number of carboxylic acid groups (broad SMARTS) is 1. The van der Waals surface area contributed by atoms with Crippen LogP contribution in [0.15, 0.2) is 0 Å². The smallest absolute Gasteiger partial charge is 0.319 e. The van der Waals surface area contributed by atoms with Crippen molar-refractivity contribution in [3.63, 3.8) is 0 Å².